The second-order valence-electron chi connectivity index (χ2n) is 9.24. The number of nitrogens with one attached hydrogen (secondary N) is 1. The molecule has 1 aliphatic rings. The number of ketones is 1. The Morgan fingerprint density at radius 2 is 1.52 bits per heavy atom. The Bertz CT molecular complexity index is 1090. The van der Waals surface area contributed by atoms with E-state index in [9.17, 15) is 18.0 Å². The number of amides is 1. The van der Waals surface area contributed by atoms with Crippen LogP contribution in [0.3, 0.4) is 0 Å². The van der Waals surface area contributed by atoms with E-state index in [2.05, 4.69) is 25.8 Å². The summed E-state index contributed by atoms with van der Waals surface area (Å²) >= 11 is 0. The summed E-state index contributed by atoms with van der Waals surface area (Å²) in [7, 11) is -3.66. The maximum absolute atomic E-state index is 13.4. The van der Waals surface area contributed by atoms with Gasteiger partial charge >= 0.3 is 0 Å². The van der Waals surface area contributed by atoms with E-state index in [0.717, 1.165) is 16.7 Å². The number of aryl methyl sites for hydroxylation is 2. The Morgan fingerprint density at radius 1 is 0.968 bits per heavy atom. The number of nitrogens with zero attached hydrogens (tertiary/aromatic N) is 2. The molecule has 7 nitrogen and oxygen atoms in total. The van der Waals surface area contributed by atoms with E-state index in [4.69, 9.17) is 0 Å². The molecule has 2 aromatic rings. The monoisotopic (exact) mass is 445 g/mol. The minimum absolute atomic E-state index is 0.0656. The summed E-state index contributed by atoms with van der Waals surface area (Å²) in [6.07, 6.45) is 1.52. The third-order valence-electron chi connectivity index (χ3n) is 5.77. The molecule has 1 N–H and O–H groups in total. The van der Waals surface area contributed by atoms with Crippen LogP contribution in [-0.4, -0.2) is 60.5 Å². The van der Waals surface area contributed by atoms with Crippen LogP contribution < -0.4 is 0 Å². The summed E-state index contributed by atoms with van der Waals surface area (Å²) in [5.74, 6) is -0.346. The minimum atomic E-state index is -3.66. The fourth-order valence-corrected chi connectivity index (χ4v) is 5.78. The number of aromatic nitrogens is 1. The number of aromatic amines is 1. The van der Waals surface area contributed by atoms with Crippen molar-refractivity contribution in [3.05, 3.63) is 52.3 Å². The van der Waals surface area contributed by atoms with Crippen LogP contribution in [0.2, 0.25) is 0 Å². The molecule has 1 aromatic carbocycles. The molecule has 1 amide bonds. The number of rotatable bonds is 4. The van der Waals surface area contributed by atoms with Crippen LogP contribution in [-0.2, 0) is 15.4 Å². The van der Waals surface area contributed by atoms with E-state index in [-0.39, 0.29) is 30.2 Å². The van der Waals surface area contributed by atoms with Gasteiger partial charge in [-0.05, 0) is 48.9 Å². The van der Waals surface area contributed by atoms with Crippen LogP contribution in [0, 0.1) is 13.8 Å². The first-order chi connectivity index (χ1) is 14.3. The second-order valence-corrected chi connectivity index (χ2v) is 11.1. The van der Waals surface area contributed by atoms with Gasteiger partial charge in [-0.3, -0.25) is 9.59 Å². The predicted octanol–water partition coefficient (Wildman–Crippen LogP) is 3.28. The highest BCUT2D eigenvalue weighted by atomic mass is 32.2. The summed E-state index contributed by atoms with van der Waals surface area (Å²) in [5.41, 5.74) is 3.32. The molecular formula is C23H31N3O4S. The molecule has 168 valence electrons. The molecule has 2 heterocycles. The quantitative estimate of drug-likeness (QED) is 0.731. The van der Waals surface area contributed by atoms with Crippen molar-refractivity contribution in [2.45, 2.75) is 51.9 Å². The molecule has 31 heavy (non-hydrogen) atoms. The van der Waals surface area contributed by atoms with Crippen molar-refractivity contribution in [2.75, 3.05) is 26.2 Å². The summed E-state index contributed by atoms with van der Waals surface area (Å²) in [6, 6.07) is 5.45. The zero-order chi connectivity index (χ0) is 23.1. The third-order valence-corrected chi connectivity index (χ3v) is 7.97. The van der Waals surface area contributed by atoms with Crippen LogP contribution in [0.4, 0.5) is 0 Å². The second kappa shape index (κ2) is 8.24. The predicted molar refractivity (Wildman–Crippen MR) is 120 cm³/mol. The summed E-state index contributed by atoms with van der Waals surface area (Å²) in [5, 5.41) is 0. The fraction of sp³-hybridized carbons (Fsp3) is 0.478. The fourth-order valence-electron chi connectivity index (χ4n) is 3.94. The molecule has 1 fully saturated rings. The van der Waals surface area contributed by atoms with Gasteiger partial charge in [-0.15, -0.1) is 0 Å². The zero-order valence-electron chi connectivity index (χ0n) is 19.1. The number of Topliss-reactive ketones (excluding diaryl/α,β-unsaturated/α-hetero) is 1. The number of H-pyrrole nitrogens is 1. The van der Waals surface area contributed by atoms with Gasteiger partial charge in [-0.25, -0.2) is 8.42 Å². The van der Waals surface area contributed by atoms with E-state index in [1.165, 1.54) is 23.5 Å². The van der Waals surface area contributed by atoms with Crippen molar-refractivity contribution >= 4 is 21.7 Å². The van der Waals surface area contributed by atoms with Crippen LogP contribution in [0.25, 0.3) is 0 Å². The molecular weight excluding hydrogens is 414 g/mol. The summed E-state index contributed by atoms with van der Waals surface area (Å²) in [6.45, 7) is 12.5. The molecule has 1 saturated heterocycles. The first-order valence-electron chi connectivity index (χ1n) is 10.4. The molecule has 1 aromatic heterocycles. The molecule has 1 aliphatic heterocycles. The summed E-state index contributed by atoms with van der Waals surface area (Å²) < 4.78 is 28.2. The number of benzene rings is 1. The lowest BCUT2D eigenvalue weighted by Crippen LogP contribution is -2.50. The Morgan fingerprint density at radius 3 is 1.97 bits per heavy atom. The lowest BCUT2D eigenvalue weighted by molar-refractivity contribution is 0.0692. The number of piperazine rings is 1. The van der Waals surface area contributed by atoms with Crippen molar-refractivity contribution in [1.82, 2.24) is 14.2 Å². The van der Waals surface area contributed by atoms with Gasteiger partial charge < -0.3 is 9.88 Å². The molecule has 0 aliphatic carbocycles. The number of hydrogen-bond donors (Lipinski definition) is 1. The molecule has 0 radical (unpaired) electrons. The molecule has 0 saturated carbocycles. The largest absolute Gasteiger partial charge is 0.356 e. The van der Waals surface area contributed by atoms with E-state index in [1.807, 2.05) is 26.0 Å². The van der Waals surface area contributed by atoms with Crippen molar-refractivity contribution in [1.29, 1.82) is 0 Å². The smallest absolute Gasteiger partial charge is 0.270 e. The molecule has 3 rings (SSSR count). The Kier molecular flexibility index (Phi) is 6.17. The van der Waals surface area contributed by atoms with Crippen LogP contribution in [0.15, 0.2) is 29.3 Å². The van der Waals surface area contributed by atoms with Crippen molar-refractivity contribution < 1.29 is 18.0 Å². The molecule has 0 spiro atoms. The van der Waals surface area contributed by atoms with E-state index >= 15 is 0 Å². The topological polar surface area (TPSA) is 90.6 Å². The number of carbonyl (C=O) groups is 2. The number of hydrogen-bond acceptors (Lipinski definition) is 4. The van der Waals surface area contributed by atoms with Crippen LogP contribution >= 0.6 is 0 Å². The van der Waals surface area contributed by atoms with Crippen LogP contribution in [0.5, 0.6) is 0 Å². The first-order valence-corrected chi connectivity index (χ1v) is 11.9. The Labute approximate surface area is 184 Å². The van der Waals surface area contributed by atoms with E-state index in [1.54, 1.807) is 4.90 Å². The maximum atomic E-state index is 13.4. The van der Waals surface area contributed by atoms with Gasteiger partial charge in [0.25, 0.3) is 5.91 Å². The van der Waals surface area contributed by atoms with Crippen molar-refractivity contribution in [3.63, 3.8) is 0 Å². The zero-order valence-corrected chi connectivity index (χ0v) is 19.9. The summed E-state index contributed by atoms with van der Waals surface area (Å²) in [4.78, 5) is 29.0. The van der Waals surface area contributed by atoms with Crippen molar-refractivity contribution in [2.24, 2.45) is 0 Å². The maximum Gasteiger partial charge on any atom is 0.270 e. The Balaban J connectivity index is 1.77. The lowest BCUT2D eigenvalue weighted by atomic mass is 9.85. The highest BCUT2D eigenvalue weighted by Crippen LogP contribution is 2.31. The highest BCUT2D eigenvalue weighted by molar-refractivity contribution is 7.89. The standard InChI is InChI=1S/C23H31N3O4S/c1-15-11-19(23(4,5)6)12-16(2)21(15)31(29,30)26-9-7-25(8-10-26)22(28)20-13-18(14-24-20)17(3)27/h11-14,24H,7-10H2,1-6H3. The van der Waals surface area contributed by atoms with Gasteiger partial charge in [0, 0.05) is 37.9 Å². The number of sulfonamides is 1. The van der Waals surface area contributed by atoms with Crippen LogP contribution in [0.1, 0.15) is 65.2 Å². The van der Waals surface area contributed by atoms with Gasteiger partial charge in [-0.1, -0.05) is 32.9 Å². The average molecular weight is 446 g/mol. The first kappa shape index (κ1) is 23.2. The SMILES string of the molecule is CC(=O)c1c[nH]c(C(=O)N2CCN(S(=O)(=O)c3c(C)cc(C(C)(C)C)cc3C)CC2)c1. The van der Waals surface area contributed by atoms with E-state index < -0.39 is 10.0 Å². The Hall–Kier alpha value is -2.45. The van der Waals surface area contributed by atoms with Gasteiger partial charge in [0.15, 0.2) is 5.78 Å². The van der Waals surface area contributed by atoms with Gasteiger partial charge in [0.1, 0.15) is 5.69 Å². The minimum Gasteiger partial charge on any atom is -0.356 e. The average Bonchev–Trinajstić information content (AvgIpc) is 3.16. The van der Waals surface area contributed by atoms with Gasteiger partial charge in [0.05, 0.1) is 4.90 Å². The third kappa shape index (κ3) is 4.60. The molecule has 0 unspecified atom stereocenters. The lowest BCUT2D eigenvalue weighted by Gasteiger charge is -2.34. The normalized spacial score (nSPS) is 15.9. The van der Waals surface area contributed by atoms with Crippen molar-refractivity contribution in [3.8, 4) is 0 Å². The van der Waals surface area contributed by atoms with E-state index in [0.29, 0.717) is 29.2 Å². The van der Waals surface area contributed by atoms with Gasteiger partial charge in [-0.2, -0.15) is 4.31 Å². The molecule has 0 atom stereocenters. The van der Waals surface area contributed by atoms with Gasteiger partial charge in [0.2, 0.25) is 10.0 Å². The number of carbonyl (C=O) groups excluding carboxylic acids is 2. The molecule has 8 heteroatoms. The highest BCUT2D eigenvalue weighted by Gasteiger charge is 2.33. The molecule has 0 bridgehead atoms.